The Morgan fingerprint density at radius 3 is 2.53 bits per heavy atom. The second kappa shape index (κ2) is 11.4. The van der Waals surface area contributed by atoms with E-state index >= 15 is 0 Å². The second-order valence-electron chi connectivity index (χ2n) is 7.84. The third-order valence-corrected chi connectivity index (χ3v) is 6.95. The van der Waals surface area contributed by atoms with Crippen LogP contribution in [-0.2, 0) is 6.18 Å². The summed E-state index contributed by atoms with van der Waals surface area (Å²) < 4.78 is 39.2. The van der Waals surface area contributed by atoms with Crippen LogP contribution < -0.4 is 10.6 Å². The number of hydrogen-bond donors (Lipinski definition) is 2. The third kappa shape index (κ3) is 6.41. The van der Waals surface area contributed by atoms with E-state index in [1.165, 1.54) is 12.5 Å². The van der Waals surface area contributed by atoms with Crippen LogP contribution in [0.2, 0.25) is 10.0 Å². The van der Waals surface area contributed by atoms with Crippen molar-refractivity contribution in [2.75, 3.05) is 10.6 Å². The fourth-order valence-corrected chi connectivity index (χ4v) is 4.53. The number of Topliss-reactive ketones (excluding diaryl/α,β-unsaturated/α-hetero) is 1. The highest BCUT2D eigenvalue weighted by molar-refractivity contribution is 7.13. The number of amides is 1. The molecule has 4 aromatic rings. The van der Waals surface area contributed by atoms with E-state index in [4.69, 9.17) is 23.2 Å². The highest BCUT2D eigenvalue weighted by atomic mass is 35.5. The van der Waals surface area contributed by atoms with Gasteiger partial charge < -0.3 is 10.6 Å². The van der Waals surface area contributed by atoms with Crippen LogP contribution in [-0.4, -0.2) is 36.6 Å². The summed E-state index contributed by atoms with van der Waals surface area (Å²) in [5.41, 5.74) is -0.428. The minimum atomic E-state index is -4.71. The lowest BCUT2D eigenvalue weighted by Gasteiger charge is -2.11. The monoisotopic (exact) mass is 581 g/mol. The van der Waals surface area contributed by atoms with Gasteiger partial charge in [0.05, 0.1) is 21.8 Å². The summed E-state index contributed by atoms with van der Waals surface area (Å²) in [6.45, 7) is 1.74. The molecule has 0 aliphatic heterocycles. The van der Waals surface area contributed by atoms with E-state index in [-0.39, 0.29) is 39.4 Å². The number of rotatable bonds is 8. The maximum Gasteiger partial charge on any atom is 0.418 e. The molecule has 4 rings (SSSR count). The predicted octanol–water partition coefficient (Wildman–Crippen LogP) is 6.42. The number of pyridine rings is 2. The van der Waals surface area contributed by atoms with Crippen molar-refractivity contribution in [2.45, 2.75) is 25.4 Å². The first kappa shape index (κ1) is 27.4. The molecular formula is C23H16Cl2F3N7O2S. The molecule has 4 aromatic heterocycles. The van der Waals surface area contributed by atoms with E-state index in [0.717, 1.165) is 17.5 Å². The lowest BCUT2D eigenvalue weighted by Crippen LogP contribution is -2.13. The first-order valence-electron chi connectivity index (χ1n) is 10.7. The minimum absolute atomic E-state index is 0.0202. The van der Waals surface area contributed by atoms with E-state index in [0.29, 0.717) is 16.8 Å². The number of thiazole rings is 1. The van der Waals surface area contributed by atoms with E-state index in [1.54, 1.807) is 31.5 Å². The van der Waals surface area contributed by atoms with Gasteiger partial charge >= 0.3 is 6.18 Å². The largest absolute Gasteiger partial charge is 0.418 e. The fourth-order valence-electron chi connectivity index (χ4n) is 3.21. The Bertz CT molecular complexity index is 1490. The van der Waals surface area contributed by atoms with Gasteiger partial charge in [-0.15, -0.1) is 11.3 Å². The number of aromatic nitrogens is 5. The fraction of sp³-hybridized carbons (Fsp3) is 0.174. The molecular weight excluding hydrogens is 566 g/mol. The number of anilines is 3. The summed E-state index contributed by atoms with van der Waals surface area (Å²) in [7, 11) is 0. The van der Waals surface area contributed by atoms with Crippen LogP contribution in [0.15, 0.2) is 49.3 Å². The minimum Gasteiger partial charge on any atom is -0.339 e. The summed E-state index contributed by atoms with van der Waals surface area (Å²) in [4.78, 5) is 45.6. The van der Waals surface area contributed by atoms with Gasteiger partial charge in [0.1, 0.15) is 27.7 Å². The van der Waals surface area contributed by atoms with E-state index in [9.17, 15) is 22.8 Å². The summed E-state index contributed by atoms with van der Waals surface area (Å²) in [6.07, 6.45) is 1.73. The van der Waals surface area contributed by atoms with Crippen LogP contribution in [0.1, 0.15) is 50.0 Å². The number of ketones is 1. The molecule has 2 N–H and O–H groups in total. The number of nitrogens with one attached hydrogen (secondary N) is 2. The number of nitrogens with zero attached hydrogens (tertiary/aromatic N) is 5. The van der Waals surface area contributed by atoms with Crippen LogP contribution in [0, 0.1) is 0 Å². The molecule has 196 valence electrons. The predicted molar refractivity (Wildman–Crippen MR) is 136 cm³/mol. The van der Waals surface area contributed by atoms with Gasteiger partial charge in [0, 0.05) is 36.6 Å². The average Bonchev–Trinajstić information content (AvgIpc) is 3.37. The molecule has 1 amide bonds. The molecule has 1 atom stereocenters. The van der Waals surface area contributed by atoms with Gasteiger partial charge in [-0.25, -0.2) is 19.9 Å². The Morgan fingerprint density at radius 1 is 1.08 bits per heavy atom. The van der Waals surface area contributed by atoms with E-state index in [2.05, 4.69) is 35.6 Å². The summed E-state index contributed by atoms with van der Waals surface area (Å²) in [6, 6.07) is 4.06. The molecule has 0 radical (unpaired) electrons. The number of carbonyl (C=O) groups excluding carboxylic acids is 2. The molecule has 0 saturated carbocycles. The van der Waals surface area contributed by atoms with Crippen LogP contribution in [0.4, 0.5) is 30.5 Å². The summed E-state index contributed by atoms with van der Waals surface area (Å²) in [5.74, 6) is -1.56. The maximum absolute atomic E-state index is 13.1. The molecule has 0 saturated heterocycles. The molecule has 1 unspecified atom stereocenters. The Labute approximate surface area is 227 Å². The van der Waals surface area contributed by atoms with Crippen LogP contribution in [0.5, 0.6) is 0 Å². The number of carbonyl (C=O) groups is 2. The Kier molecular flexibility index (Phi) is 8.19. The zero-order valence-corrected chi connectivity index (χ0v) is 21.6. The Hall–Kier alpha value is -3.68. The van der Waals surface area contributed by atoms with Crippen molar-refractivity contribution in [1.29, 1.82) is 0 Å². The molecule has 0 spiro atoms. The molecule has 15 heteroatoms. The van der Waals surface area contributed by atoms with Crippen molar-refractivity contribution >= 4 is 63.6 Å². The van der Waals surface area contributed by atoms with Gasteiger partial charge in [-0.3, -0.25) is 14.6 Å². The molecule has 0 aliphatic carbocycles. The smallest absolute Gasteiger partial charge is 0.339 e. The number of halogens is 5. The van der Waals surface area contributed by atoms with Gasteiger partial charge in [-0.05, 0) is 18.2 Å². The SMILES string of the molecule is CC(CC(=O)c1ncnc(Nc2ccncc2)c1Cl)c1ncc(C(=O)Nc2cc(C(F)(F)F)c(Cl)cn2)s1. The zero-order chi connectivity index (χ0) is 27.4. The van der Waals surface area contributed by atoms with Crippen molar-refractivity contribution in [3.63, 3.8) is 0 Å². The lowest BCUT2D eigenvalue weighted by molar-refractivity contribution is -0.137. The molecule has 0 aliphatic rings. The number of alkyl halides is 3. The zero-order valence-electron chi connectivity index (χ0n) is 19.3. The van der Waals surface area contributed by atoms with Crippen molar-refractivity contribution in [2.24, 2.45) is 0 Å². The van der Waals surface area contributed by atoms with Crippen molar-refractivity contribution < 1.29 is 22.8 Å². The Morgan fingerprint density at radius 2 is 1.82 bits per heavy atom. The summed E-state index contributed by atoms with van der Waals surface area (Å²) in [5, 5.41) is 5.23. The van der Waals surface area contributed by atoms with E-state index in [1.807, 2.05) is 0 Å². The molecule has 9 nitrogen and oxygen atoms in total. The molecule has 0 aromatic carbocycles. The normalized spacial score (nSPS) is 12.2. The van der Waals surface area contributed by atoms with Crippen molar-refractivity contribution in [1.82, 2.24) is 24.9 Å². The number of hydrogen-bond acceptors (Lipinski definition) is 9. The maximum atomic E-state index is 13.1. The van der Waals surface area contributed by atoms with Crippen molar-refractivity contribution in [3.8, 4) is 0 Å². The molecule has 4 heterocycles. The first-order valence-corrected chi connectivity index (χ1v) is 12.3. The second-order valence-corrected chi connectivity index (χ2v) is 9.69. The topological polar surface area (TPSA) is 123 Å². The average molecular weight is 582 g/mol. The quantitative estimate of drug-likeness (QED) is 0.228. The highest BCUT2D eigenvalue weighted by Crippen LogP contribution is 2.35. The first-order chi connectivity index (χ1) is 18.0. The van der Waals surface area contributed by atoms with Gasteiger partial charge in [0.2, 0.25) is 0 Å². The summed E-state index contributed by atoms with van der Waals surface area (Å²) >= 11 is 12.9. The van der Waals surface area contributed by atoms with Gasteiger partial charge in [0.25, 0.3) is 5.91 Å². The van der Waals surface area contributed by atoms with Crippen LogP contribution in [0.25, 0.3) is 0 Å². The molecule has 38 heavy (non-hydrogen) atoms. The van der Waals surface area contributed by atoms with Crippen LogP contribution in [0.3, 0.4) is 0 Å². The third-order valence-electron chi connectivity index (χ3n) is 5.06. The van der Waals surface area contributed by atoms with Gasteiger partial charge in [-0.2, -0.15) is 13.2 Å². The standard InChI is InChI=1S/C23H16Cl2F3N7O2S/c1-11(6-15(36)19-18(25)20(33-10-32-19)34-12-2-4-29-5-3-12)22-31-9-16(38-22)21(37)35-17-7-13(23(26,27)28)14(24)8-30-17/h2-5,7-11H,6H2,1H3,(H,30,35,37)(H,29,32,33,34). The van der Waals surface area contributed by atoms with E-state index < -0.39 is 28.6 Å². The molecule has 0 bridgehead atoms. The van der Waals surface area contributed by atoms with Gasteiger partial charge in [-0.1, -0.05) is 30.1 Å². The molecule has 0 fully saturated rings. The van der Waals surface area contributed by atoms with Crippen LogP contribution >= 0.6 is 34.5 Å². The Balaban J connectivity index is 1.43. The van der Waals surface area contributed by atoms with Gasteiger partial charge in [0.15, 0.2) is 11.6 Å². The lowest BCUT2D eigenvalue weighted by atomic mass is 10.0. The highest BCUT2D eigenvalue weighted by Gasteiger charge is 2.34. The van der Waals surface area contributed by atoms with Crippen molar-refractivity contribution in [3.05, 3.63) is 80.5 Å².